The second-order valence-corrected chi connectivity index (χ2v) is 7.41. The highest BCUT2D eigenvalue weighted by Gasteiger charge is 2.44. The van der Waals surface area contributed by atoms with Crippen molar-refractivity contribution in [3.05, 3.63) is 35.9 Å². The summed E-state index contributed by atoms with van der Waals surface area (Å²) in [6.07, 6.45) is 5.11. The third kappa shape index (κ3) is 5.07. The molecule has 0 radical (unpaired) electrons. The van der Waals surface area contributed by atoms with Gasteiger partial charge in [-0.2, -0.15) is 0 Å². The number of fused-ring (bicyclic) bond motifs is 1. The number of benzene rings is 1. The fourth-order valence-corrected chi connectivity index (χ4v) is 4.36. The fraction of sp³-hybridized carbons (Fsp3) is 0.550. The molecule has 1 aliphatic carbocycles. The van der Waals surface area contributed by atoms with Crippen LogP contribution in [-0.2, 0) is 16.1 Å². The molecule has 0 bridgehead atoms. The van der Waals surface area contributed by atoms with Gasteiger partial charge in [0.1, 0.15) is 6.04 Å². The molecule has 1 heterocycles. The van der Waals surface area contributed by atoms with Gasteiger partial charge in [0.2, 0.25) is 5.91 Å². The van der Waals surface area contributed by atoms with E-state index in [4.69, 9.17) is 0 Å². The van der Waals surface area contributed by atoms with Crippen molar-refractivity contribution in [2.75, 3.05) is 6.54 Å². The normalized spacial score (nSPS) is 24.8. The number of carboxylic acids is 1. The molecular formula is C20H27N3O4. The highest BCUT2D eigenvalue weighted by molar-refractivity contribution is 5.94. The Hall–Kier alpha value is -2.41. The van der Waals surface area contributed by atoms with Gasteiger partial charge in [0, 0.05) is 25.6 Å². The number of carbonyl (C=O) groups excluding carboxylic acids is 2. The van der Waals surface area contributed by atoms with Crippen LogP contribution in [0.2, 0.25) is 0 Å². The zero-order valence-electron chi connectivity index (χ0n) is 15.4. The minimum atomic E-state index is -0.814. The first kappa shape index (κ1) is 19.4. The molecule has 0 spiro atoms. The molecule has 2 fully saturated rings. The van der Waals surface area contributed by atoms with Crippen LogP contribution in [0.3, 0.4) is 0 Å². The van der Waals surface area contributed by atoms with Crippen molar-refractivity contribution >= 4 is 17.9 Å². The van der Waals surface area contributed by atoms with E-state index in [1.54, 1.807) is 0 Å². The Labute approximate surface area is 159 Å². The second kappa shape index (κ2) is 8.99. The Morgan fingerprint density at radius 1 is 1.11 bits per heavy atom. The Morgan fingerprint density at radius 2 is 1.85 bits per heavy atom. The zero-order chi connectivity index (χ0) is 19.2. The highest BCUT2D eigenvalue weighted by atomic mass is 16.4. The van der Waals surface area contributed by atoms with Crippen molar-refractivity contribution in [2.45, 2.75) is 57.2 Å². The van der Waals surface area contributed by atoms with Crippen molar-refractivity contribution in [3.63, 3.8) is 0 Å². The van der Waals surface area contributed by atoms with Crippen LogP contribution in [0.1, 0.15) is 44.1 Å². The van der Waals surface area contributed by atoms with E-state index in [0.29, 0.717) is 25.4 Å². The molecular weight excluding hydrogens is 346 g/mol. The smallest absolute Gasteiger partial charge is 0.321 e. The van der Waals surface area contributed by atoms with E-state index in [1.807, 2.05) is 35.2 Å². The third-order valence-corrected chi connectivity index (χ3v) is 5.65. The zero-order valence-corrected chi connectivity index (χ0v) is 15.4. The van der Waals surface area contributed by atoms with E-state index in [0.717, 1.165) is 31.2 Å². The molecule has 7 nitrogen and oxygen atoms in total. The summed E-state index contributed by atoms with van der Waals surface area (Å²) in [5.74, 6) is -0.786. The number of aliphatic carboxylic acids is 1. The van der Waals surface area contributed by atoms with E-state index in [1.165, 1.54) is 0 Å². The van der Waals surface area contributed by atoms with Gasteiger partial charge in [0.25, 0.3) is 0 Å². The summed E-state index contributed by atoms with van der Waals surface area (Å²) in [4.78, 5) is 37.5. The van der Waals surface area contributed by atoms with Crippen LogP contribution in [0.25, 0.3) is 0 Å². The van der Waals surface area contributed by atoms with E-state index < -0.39 is 18.0 Å². The number of amides is 3. The lowest BCUT2D eigenvalue weighted by Gasteiger charge is -2.32. The lowest BCUT2D eigenvalue weighted by molar-refractivity contribution is -0.143. The van der Waals surface area contributed by atoms with Gasteiger partial charge in [-0.05, 0) is 30.7 Å². The molecule has 7 heteroatoms. The van der Waals surface area contributed by atoms with Crippen LogP contribution in [0.5, 0.6) is 0 Å². The molecule has 2 aliphatic rings. The molecule has 1 aromatic carbocycles. The summed E-state index contributed by atoms with van der Waals surface area (Å²) in [7, 11) is 0. The van der Waals surface area contributed by atoms with Crippen LogP contribution in [0.15, 0.2) is 30.3 Å². The van der Waals surface area contributed by atoms with Crippen LogP contribution in [0.4, 0.5) is 4.79 Å². The topological polar surface area (TPSA) is 98.7 Å². The SMILES string of the molecule is O=C(CCN1C(C(=O)O)CC2CCCCC21)NC(=O)NCc1ccccc1. The standard InChI is InChI=1S/C20H27N3O4/c24-18(22-20(27)21-13-14-6-2-1-3-7-14)10-11-23-16-9-5-4-8-15(16)12-17(23)19(25)26/h1-3,6-7,15-17H,4-5,8-13H2,(H,25,26)(H2,21,22,24,27). The van der Waals surface area contributed by atoms with E-state index in [-0.39, 0.29) is 18.4 Å². The van der Waals surface area contributed by atoms with Crippen LogP contribution < -0.4 is 10.6 Å². The summed E-state index contributed by atoms with van der Waals surface area (Å²) in [5, 5.41) is 14.5. The maximum atomic E-state index is 12.1. The van der Waals surface area contributed by atoms with Gasteiger partial charge in [-0.1, -0.05) is 43.2 Å². The predicted octanol–water partition coefficient (Wildman–Crippen LogP) is 2.12. The lowest BCUT2D eigenvalue weighted by Crippen LogP contribution is -2.45. The lowest BCUT2D eigenvalue weighted by atomic mass is 9.85. The van der Waals surface area contributed by atoms with Gasteiger partial charge in [-0.3, -0.25) is 19.8 Å². The molecule has 1 aliphatic heterocycles. The fourth-order valence-electron chi connectivity index (χ4n) is 4.36. The molecule has 3 rings (SSSR count). The van der Waals surface area contributed by atoms with Gasteiger partial charge in [0.05, 0.1) is 0 Å². The molecule has 1 aromatic rings. The number of nitrogens with one attached hydrogen (secondary N) is 2. The Morgan fingerprint density at radius 3 is 2.59 bits per heavy atom. The molecule has 3 unspecified atom stereocenters. The molecule has 27 heavy (non-hydrogen) atoms. The van der Waals surface area contributed by atoms with E-state index >= 15 is 0 Å². The number of rotatable bonds is 6. The Kier molecular flexibility index (Phi) is 6.45. The van der Waals surface area contributed by atoms with Crippen molar-refractivity contribution in [2.24, 2.45) is 5.92 Å². The van der Waals surface area contributed by atoms with Gasteiger partial charge in [0.15, 0.2) is 0 Å². The Balaban J connectivity index is 1.46. The monoisotopic (exact) mass is 373 g/mol. The van der Waals surface area contributed by atoms with Gasteiger partial charge in [-0.15, -0.1) is 0 Å². The largest absolute Gasteiger partial charge is 0.480 e. The van der Waals surface area contributed by atoms with Gasteiger partial charge >= 0.3 is 12.0 Å². The van der Waals surface area contributed by atoms with Gasteiger partial charge < -0.3 is 10.4 Å². The number of imide groups is 1. The van der Waals surface area contributed by atoms with Crippen molar-refractivity contribution in [1.29, 1.82) is 0 Å². The number of urea groups is 1. The first-order valence-corrected chi connectivity index (χ1v) is 9.64. The van der Waals surface area contributed by atoms with Crippen molar-refractivity contribution in [1.82, 2.24) is 15.5 Å². The molecule has 0 aromatic heterocycles. The van der Waals surface area contributed by atoms with E-state index in [2.05, 4.69) is 10.6 Å². The number of likely N-dealkylation sites (tertiary alicyclic amines) is 1. The molecule has 3 atom stereocenters. The first-order valence-electron chi connectivity index (χ1n) is 9.64. The molecule has 146 valence electrons. The van der Waals surface area contributed by atoms with Gasteiger partial charge in [-0.25, -0.2) is 4.79 Å². The number of hydrogen-bond acceptors (Lipinski definition) is 4. The number of carbonyl (C=O) groups is 3. The number of hydrogen-bond donors (Lipinski definition) is 3. The molecule has 3 amide bonds. The summed E-state index contributed by atoms with van der Waals surface area (Å²) in [6, 6.07) is 8.64. The summed E-state index contributed by atoms with van der Waals surface area (Å²) in [6.45, 7) is 0.715. The van der Waals surface area contributed by atoms with Crippen molar-refractivity contribution < 1.29 is 19.5 Å². The summed E-state index contributed by atoms with van der Waals surface area (Å²) >= 11 is 0. The third-order valence-electron chi connectivity index (χ3n) is 5.65. The van der Waals surface area contributed by atoms with Crippen molar-refractivity contribution in [3.8, 4) is 0 Å². The maximum absolute atomic E-state index is 12.1. The second-order valence-electron chi connectivity index (χ2n) is 7.41. The molecule has 1 saturated heterocycles. The summed E-state index contributed by atoms with van der Waals surface area (Å²) < 4.78 is 0. The van der Waals surface area contributed by atoms with Crippen LogP contribution >= 0.6 is 0 Å². The Bertz CT molecular complexity index is 679. The van der Waals surface area contributed by atoms with Crippen LogP contribution in [-0.4, -0.2) is 46.5 Å². The summed E-state index contributed by atoms with van der Waals surface area (Å²) in [5.41, 5.74) is 0.949. The number of nitrogens with zero attached hydrogens (tertiary/aromatic N) is 1. The molecule has 1 saturated carbocycles. The first-order chi connectivity index (χ1) is 13.0. The average Bonchev–Trinajstić information content (AvgIpc) is 3.04. The maximum Gasteiger partial charge on any atom is 0.321 e. The highest BCUT2D eigenvalue weighted by Crippen LogP contribution is 2.39. The minimum Gasteiger partial charge on any atom is -0.480 e. The minimum absolute atomic E-state index is 0.117. The average molecular weight is 373 g/mol. The quantitative estimate of drug-likeness (QED) is 0.709. The molecule has 3 N–H and O–H groups in total. The van der Waals surface area contributed by atoms with E-state index in [9.17, 15) is 19.5 Å². The predicted molar refractivity (Wildman–Crippen MR) is 99.9 cm³/mol. The number of carboxylic acid groups (broad SMARTS) is 1. The van der Waals surface area contributed by atoms with Crippen LogP contribution in [0, 0.1) is 5.92 Å².